The SMILES string of the molecule is Cc1nc(N)c(N=Nc2ccccc2)c(C(F)(F)F)n1. The summed E-state index contributed by atoms with van der Waals surface area (Å²) in [5.74, 6) is -0.432. The van der Waals surface area contributed by atoms with Gasteiger partial charge in [-0.1, -0.05) is 18.2 Å². The van der Waals surface area contributed by atoms with Crippen LogP contribution in [0, 0.1) is 6.92 Å². The molecule has 0 unspecified atom stereocenters. The fourth-order valence-corrected chi connectivity index (χ4v) is 1.49. The van der Waals surface area contributed by atoms with Gasteiger partial charge in [0, 0.05) is 0 Å². The van der Waals surface area contributed by atoms with Crippen LogP contribution in [0.4, 0.5) is 30.4 Å². The molecule has 0 aliphatic carbocycles. The highest BCUT2D eigenvalue weighted by atomic mass is 19.4. The van der Waals surface area contributed by atoms with Crippen LogP contribution in [0.5, 0.6) is 0 Å². The van der Waals surface area contributed by atoms with Gasteiger partial charge in [0.25, 0.3) is 0 Å². The third-order valence-electron chi connectivity index (χ3n) is 2.31. The summed E-state index contributed by atoms with van der Waals surface area (Å²) >= 11 is 0. The van der Waals surface area contributed by atoms with Crippen LogP contribution in [-0.2, 0) is 6.18 Å². The number of alkyl halides is 3. The van der Waals surface area contributed by atoms with Crippen molar-refractivity contribution in [2.45, 2.75) is 13.1 Å². The van der Waals surface area contributed by atoms with Gasteiger partial charge >= 0.3 is 6.18 Å². The van der Waals surface area contributed by atoms with E-state index in [1.165, 1.54) is 6.92 Å². The Morgan fingerprint density at radius 2 is 1.70 bits per heavy atom. The first-order valence-corrected chi connectivity index (χ1v) is 5.56. The highest BCUT2D eigenvalue weighted by Gasteiger charge is 2.37. The van der Waals surface area contributed by atoms with Crippen LogP contribution in [0.1, 0.15) is 11.5 Å². The van der Waals surface area contributed by atoms with E-state index in [1.54, 1.807) is 30.3 Å². The molecule has 1 aromatic heterocycles. The predicted molar refractivity (Wildman–Crippen MR) is 66.8 cm³/mol. The number of nitrogen functional groups attached to an aromatic ring is 1. The molecule has 0 bridgehead atoms. The zero-order valence-corrected chi connectivity index (χ0v) is 10.4. The molecule has 2 N–H and O–H groups in total. The minimum Gasteiger partial charge on any atom is -0.382 e. The van der Waals surface area contributed by atoms with E-state index in [9.17, 15) is 13.2 Å². The van der Waals surface area contributed by atoms with Gasteiger partial charge in [-0.25, -0.2) is 9.97 Å². The summed E-state index contributed by atoms with van der Waals surface area (Å²) in [7, 11) is 0. The molecular formula is C12H10F3N5. The Kier molecular flexibility index (Phi) is 3.64. The third-order valence-corrected chi connectivity index (χ3v) is 2.31. The summed E-state index contributed by atoms with van der Waals surface area (Å²) in [6, 6.07) is 8.33. The van der Waals surface area contributed by atoms with Gasteiger partial charge in [0.1, 0.15) is 5.82 Å². The Balaban J connectivity index is 2.48. The molecule has 104 valence electrons. The van der Waals surface area contributed by atoms with Gasteiger partial charge in [-0.05, 0) is 19.1 Å². The zero-order chi connectivity index (χ0) is 14.8. The second kappa shape index (κ2) is 5.24. The summed E-state index contributed by atoms with van der Waals surface area (Å²) in [4.78, 5) is 7.02. The molecule has 8 heteroatoms. The van der Waals surface area contributed by atoms with Crippen molar-refractivity contribution in [1.29, 1.82) is 0 Å². The van der Waals surface area contributed by atoms with Gasteiger partial charge in [0.15, 0.2) is 17.2 Å². The number of halogens is 3. The molecule has 0 amide bonds. The fourth-order valence-electron chi connectivity index (χ4n) is 1.49. The number of azo groups is 1. The monoisotopic (exact) mass is 281 g/mol. The van der Waals surface area contributed by atoms with Crippen LogP contribution in [-0.4, -0.2) is 9.97 Å². The van der Waals surface area contributed by atoms with E-state index in [0.717, 1.165) is 0 Å². The van der Waals surface area contributed by atoms with Gasteiger partial charge in [-0.15, -0.1) is 5.11 Å². The summed E-state index contributed by atoms with van der Waals surface area (Å²) in [6.07, 6.45) is -4.67. The van der Waals surface area contributed by atoms with Gasteiger partial charge in [-0.3, -0.25) is 0 Å². The maximum Gasteiger partial charge on any atom is 0.435 e. The lowest BCUT2D eigenvalue weighted by molar-refractivity contribution is -0.140. The van der Waals surface area contributed by atoms with Gasteiger partial charge in [0.05, 0.1) is 5.69 Å². The Morgan fingerprint density at radius 3 is 2.30 bits per heavy atom. The number of aryl methyl sites for hydroxylation is 1. The molecule has 0 spiro atoms. The Morgan fingerprint density at radius 1 is 1.05 bits per heavy atom. The normalized spacial score (nSPS) is 12.0. The lowest BCUT2D eigenvalue weighted by Gasteiger charge is -2.10. The number of aromatic nitrogens is 2. The van der Waals surface area contributed by atoms with Crippen LogP contribution in [0.3, 0.4) is 0 Å². The van der Waals surface area contributed by atoms with Crippen molar-refractivity contribution >= 4 is 17.2 Å². The van der Waals surface area contributed by atoms with Crippen molar-refractivity contribution in [3.63, 3.8) is 0 Å². The molecule has 5 nitrogen and oxygen atoms in total. The molecule has 1 heterocycles. The van der Waals surface area contributed by atoms with E-state index >= 15 is 0 Å². The highest BCUT2D eigenvalue weighted by molar-refractivity contribution is 5.61. The quantitative estimate of drug-likeness (QED) is 0.850. The van der Waals surface area contributed by atoms with Crippen LogP contribution >= 0.6 is 0 Å². The Hall–Kier alpha value is -2.51. The predicted octanol–water partition coefficient (Wildman–Crippen LogP) is 3.80. The fraction of sp³-hybridized carbons (Fsp3) is 0.167. The average Bonchev–Trinajstić information content (AvgIpc) is 2.37. The summed E-state index contributed by atoms with van der Waals surface area (Å²) in [5, 5.41) is 7.24. The molecule has 0 saturated heterocycles. The van der Waals surface area contributed by atoms with Crippen molar-refractivity contribution in [1.82, 2.24) is 9.97 Å². The number of nitrogens with zero attached hydrogens (tertiary/aromatic N) is 4. The lowest BCUT2D eigenvalue weighted by atomic mass is 10.3. The van der Waals surface area contributed by atoms with Crippen LogP contribution in [0.25, 0.3) is 0 Å². The van der Waals surface area contributed by atoms with E-state index in [4.69, 9.17) is 5.73 Å². The van der Waals surface area contributed by atoms with E-state index in [-0.39, 0.29) is 11.6 Å². The number of anilines is 1. The molecule has 0 aliphatic rings. The Bertz CT molecular complexity index is 638. The number of benzene rings is 1. The molecule has 2 rings (SSSR count). The third kappa shape index (κ3) is 3.08. The highest BCUT2D eigenvalue weighted by Crippen LogP contribution is 2.38. The van der Waals surface area contributed by atoms with Crippen molar-refractivity contribution in [3.05, 3.63) is 41.9 Å². The summed E-state index contributed by atoms with van der Waals surface area (Å²) < 4.78 is 38.7. The van der Waals surface area contributed by atoms with E-state index < -0.39 is 17.6 Å². The number of rotatable bonds is 2. The van der Waals surface area contributed by atoms with Crippen molar-refractivity contribution in [2.75, 3.05) is 5.73 Å². The maximum atomic E-state index is 12.9. The molecule has 20 heavy (non-hydrogen) atoms. The maximum absolute atomic E-state index is 12.9. The van der Waals surface area contributed by atoms with E-state index in [1.807, 2.05) is 0 Å². The van der Waals surface area contributed by atoms with E-state index in [0.29, 0.717) is 5.69 Å². The lowest BCUT2D eigenvalue weighted by Crippen LogP contribution is -2.12. The molecular weight excluding hydrogens is 271 g/mol. The molecule has 0 radical (unpaired) electrons. The topological polar surface area (TPSA) is 76.5 Å². The molecule has 0 atom stereocenters. The van der Waals surface area contributed by atoms with Gasteiger partial charge in [-0.2, -0.15) is 18.3 Å². The standard InChI is InChI=1S/C12H10F3N5/c1-7-17-10(12(13,14)15)9(11(16)18-7)20-19-8-5-3-2-4-6-8/h2-6H,1H3,(H2,16,17,18). The second-order valence-corrected chi connectivity index (χ2v) is 3.89. The second-order valence-electron chi connectivity index (χ2n) is 3.89. The zero-order valence-electron chi connectivity index (χ0n) is 10.4. The van der Waals surface area contributed by atoms with Gasteiger partial charge in [0.2, 0.25) is 0 Å². The van der Waals surface area contributed by atoms with Crippen molar-refractivity contribution < 1.29 is 13.2 Å². The minimum absolute atomic E-state index is 0.0755. The first kappa shape index (κ1) is 13.9. The summed E-state index contributed by atoms with van der Waals surface area (Å²) in [5.41, 5.74) is 4.11. The number of hydrogen-bond donors (Lipinski definition) is 1. The van der Waals surface area contributed by atoms with Crippen LogP contribution < -0.4 is 5.73 Å². The molecule has 2 aromatic rings. The van der Waals surface area contributed by atoms with Crippen molar-refractivity contribution in [3.8, 4) is 0 Å². The minimum atomic E-state index is -4.67. The summed E-state index contributed by atoms with van der Waals surface area (Å²) in [6.45, 7) is 1.32. The van der Waals surface area contributed by atoms with Crippen LogP contribution in [0.15, 0.2) is 40.6 Å². The first-order chi connectivity index (χ1) is 9.38. The van der Waals surface area contributed by atoms with Gasteiger partial charge < -0.3 is 5.73 Å². The molecule has 1 aromatic carbocycles. The first-order valence-electron chi connectivity index (χ1n) is 5.56. The molecule has 0 fully saturated rings. The average molecular weight is 281 g/mol. The number of nitrogens with two attached hydrogens (primary N) is 1. The smallest absolute Gasteiger partial charge is 0.382 e. The molecule has 0 saturated carbocycles. The number of hydrogen-bond acceptors (Lipinski definition) is 5. The van der Waals surface area contributed by atoms with E-state index in [2.05, 4.69) is 20.2 Å². The molecule has 0 aliphatic heterocycles. The largest absolute Gasteiger partial charge is 0.435 e. The Labute approximate surface area is 112 Å². The van der Waals surface area contributed by atoms with Crippen LogP contribution in [0.2, 0.25) is 0 Å². The van der Waals surface area contributed by atoms with Crippen molar-refractivity contribution in [2.24, 2.45) is 10.2 Å².